The Morgan fingerprint density at radius 2 is 1.94 bits per heavy atom. The van der Waals surface area contributed by atoms with Gasteiger partial charge in [-0.15, -0.1) is 0 Å². The average Bonchev–Trinajstić information content (AvgIpc) is 2.28. The Morgan fingerprint density at radius 3 is 2.47 bits per heavy atom. The highest BCUT2D eigenvalue weighted by Gasteiger charge is 2.06. The normalized spacial score (nSPS) is 11.2. The molecule has 0 heterocycles. The fourth-order valence-corrected chi connectivity index (χ4v) is 1.94. The van der Waals surface area contributed by atoms with Gasteiger partial charge in [-0.1, -0.05) is 26.0 Å². The van der Waals surface area contributed by atoms with Crippen LogP contribution in [0.25, 0.3) is 0 Å². The van der Waals surface area contributed by atoms with Crippen molar-refractivity contribution in [2.45, 2.75) is 32.6 Å². The van der Waals surface area contributed by atoms with Crippen molar-refractivity contribution in [3.63, 3.8) is 0 Å². The number of hydrogen-bond acceptors (Lipinski definition) is 2. The Kier molecular flexibility index (Phi) is 5.49. The van der Waals surface area contributed by atoms with Crippen molar-refractivity contribution in [3.05, 3.63) is 29.3 Å². The van der Waals surface area contributed by atoms with E-state index in [0.717, 1.165) is 18.7 Å². The third-order valence-corrected chi connectivity index (χ3v) is 3.02. The van der Waals surface area contributed by atoms with E-state index in [0.29, 0.717) is 5.92 Å². The fourth-order valence-electron chi connectivity index (χ4n) is 1.94. The van der Waals surface area contributed by atoms with Gasteiger partial charge in [0.2, 0.25) is 0 Å². The molecule has 0 radical (unpaired) electrons. The molecule has 0 saturated heterocycles. The van der Waals surface area contributed by atoms with Gasteiger partial charge in [0.25, 0.3) is 0 Å². The SMILES string of the molecule is COc1ccc(C(C)C)cc1CCCN(C)C. The second-order valence-electron chi connectivity index (χ2n) is 5.13. The van der Waals surface area contributed by atoms with Crippen LogP contribution >= 0.6 is 0 Å². The molecule has 1 aromatic carbocycles. The summed E-state index contributed by atoms with van der Waals surface area (Å²) in [6.45, 7) is 5.58. The predicted molar refractivity (Wildman–Crippen MR) is 74.0 cm³/mol. The maximum Gasteiger partial charge on any atom is 0.122 e. The minimum Gasteiger partial charge on any atom is -0.496 e. The molecule has 0 spiro atoms. The number of hydrogen-bond donors (Lipinski definition) is 0. The lowest BCUT2D eigenvalue weighted by atomic mass is 9.98. The summed E-state index contributed by atoms with van der Waals surface area (Å²) in [5, 5.41) is 0. The lowest BCUT2D eigenvalue weighted by Crippen LogP contribution is -2.13. The first kappa shape index (κ1) is 14.0. The van der Waals surface area contributed by atoms with Crippen LogP contribution < -0.4 is 4.74 Å². The molecule has 0 fully saturated rings. The molecule has 1 rings (SSSR count). The van der Waals surface area contributed by atoms with E-state index in [2.05, 4.69) is 51.0 Å². The first-order valence-corrected chi connectivity index (χ1v) is 6.36. The molecule has 2 nitrogen and oxygen atoms in total. The van der Waals surface area contributed by atoms with Gasteiger partial charge in [0.05, 0.1) is 7.11 Å². The Bertz CT molecular complexity index is 345. The third-order valence-electron chi connectivity index (χ3n) is 3.02. The molecular formula is C15H25NO. The summed E-state index contributed by atoms with van der Waals surface area (Å²) < 4.78 is 5.42. The standard InChI is InChI=1S/C15H25NO/c1-12(2)13-8-9-15(17-5)14(11-13)7-6-10-16(3)4/h8-9,11-12H,6-7,10H2,1-5H3. The third kappa shape index (κ3) is 4.39. The van der Waals surface area contributed by atoms with Crippen LogP contribution in [-0.4, -0.2) is 32.6 Å². The molecule has 0 N–H and O–H groups in total. The van der Waals surface area contributed by atoms with E-state index >= 15 is 0 Å². The van der Waals surface area contributed by atoms with Gasteiger partial charge in [0.1, 0.15) is 5.75 Å². The fraction of sp³-hybridized carbons (Fsp3) is 0.600. The predicted octanol–water partition coefficient (Wildman–Crippen LogP) is 3.31. The molecule has 17 heavy (non-hydrogen) atoms. The van der Waals surface area contributed by atoms with Crippen LogP contribution in [0.15, 0.2) is 18.2 Å². The molecule has 2 heteroatoms. The quantitative estimate of drug-likeness (QED) is 0.750. The van der Waals surface area contributed by atoms with E-state index in [1.165, 1.54) is 17.5 Å². The number of rotatable bonds is 6. The monoisotopic (exact) mass is 235 g/mol. The first-order chi connectivity index (χ1) is 8.04. The van der Waals surface area contributed by atoms with Crippen molar-refractivity contribution in [2.75, 3.05) is 27.7 Å². The summed E-state index contributed by atoms with van der Waals surface area (Å²) in [5.41, 5.74) is 2.73. The zero-order chi connectivity index (χ0) is 12.8. The molecular weight excluding hydrogens is 210 g/mol. The van der Waals surface area contributed by atoms with Crippen molar-refractivity contribution in [2.24, 2.45) is 0 Å². The van der Waals surface area contributed by atoms with Gasteiger partial charge in [-0.3, -0.25) is 0 Å². The van der Waals surface area contributed by atoms with Crippen LogP contribution in [0.3, 0.4) is 0 Å². The number of methoxy groups -OCH3 is 1. The van der Waals surface area contributed by atoms with E-state index in [4.69, 9.17) is 4.74 Å². The number of nitrogens with zero attached hydrogens (tertiary/aromatic N) is 1. The van der Waals surface area contributed by atoms with Crippen LogP contribution in [0.1, 0.15) is 37.3 Å². The van der Waals surface area contributed by atoms with Crippen LogP contribution in [0.4, 0.5) is 0 Å². The second kappa shape index (κ2) is 6.65. The average molecular weight is 235 g/mol. The van der Waals surface area contributed by atoms with Gasteiger partial charge in [-0.2, -0.15) is 0 Å². The Balaban J connectivity index is 2.75. The highest BCUT2D eigenvalue weighted by atomic mass is 16.5. The molecule has 0 aliphatic heterocycles. The Hall–Kier alpha value is -1.02. The smallest absolute Gasteiger partial charge is 0.122 e. The maximum absolute atomic E-state index is 5.42. The molecule has 0 atom stereocenters. The zero-order valence-corrected chi connectivity index (χ0v) is 11.8. The molecule has 0 aromatic heterocycles. The van der Waals surface area contributed by atoms with Crippen LogP contribution in [0, 0.1) is 0 Å². The maximum atomic E-state index is 5.42. The van der Waals surface area contributed by atoms with Gasteiger partial charge < -0.3 is 9.64 Å². The molecule has 1 aromatic rings. The van der Waals surface area contributed by atoms with Crippen molar-refractivity contribution in [1.82, 2.24) is 4.90 Å². The lowest BCUT2D eigenvalue weighted by Gasteiger charge is -2.14. The molecule has 0 amide bonds. The minimum atomic E-state index is 0.577. The largest absolute Gasteiger partial charge is 0.496 e. The first-order valence-electron chi connectivity index (χ1n) is 6.36. The summed E-state index contributed by atoms with van der Waals surface area (Å²) >= 11 is 0. The van der Waals surface area contributed by atoms with Gasteiger partial charge in [-0.05, 0) is 56.6 Å². The molecule has 0 aliphatic carbocycles. The molecule has 0 unspecified atom stereocenters. The van der Waals surface area contributed by atoms with E-state index < -0.39 is 0 Å². The lowest BCUT2D eigenvalue weighted by molar-refractivity contribution is 0.391. The Morgan fingerprint density at radius 1 is 1.24 bits per heavy atom. The zero-order valence-electron chi connectivity index (χ0n) is 11.8. The minimum absolute atomic E-state index is 0.577. The van der Waals surface area contributed by atoms with Gasteiger partial charge in [0, 0.05) is 0 Å². The Labute approximate surface area is 106 Å². The van der Waals surface area contributed by atoms with Crippen LogP contribution in [0.5, 0.6) is 5.75 Å². The van der Waals surface area contributed by atoms with Crippen molar-refractivity contribution in [3.8, 4) is 5.75 Å². The highest BCUT2D eigenvalue weighted by molar-refractivity contribution is 5.38. The van der Waals surface area contributed by atoms with Gasteiger partial charge in [-0.25, -0.2) is 0 Å². The number of benzene rings is 1. The molecule has 0 aliphatic rings. The van der Waals surface area contributed by atoms with Crippen LogP contribution in [-0.2, 0) is 6.42 Å². The summed E-state index contributed by atoms with van der Waals surface area (Å²) in [7, 11) is 5.98. The van der Waals surface area contributed by atoms with Gasteiger partial charge >= 0.3 is 0 Å². The second-order valence-corrected chi connectivity index (χ2v) is 5.13. The topological polar surface area (TPSA) is 12.5 Å². The molecule has 96 valence electrons. The van der Waals surface area contributed by atoms with E-state index in [-0.39, 0.29) is 0 Å². The summed E-state index contributed by atoms with van der Waals surface area (Å²) in [6, 6.07) is 6.55. The van der Waals surface area contributed by atoms with Crippen molar-refractivity contribution in [1.29, 1.82) is 0 Å². The van der Waals surface area contributed by atoms with Gasteiger partial charge in [0.15, 0.2) is 0 Å². The summed E-state index contributed by atoms with van der Waals surface area (Å²) in [6.07, 6.45) is 2.26. The van der Waals surface area contributed by atoms with E-state index in [1.807, 2.05) is 0 Å². The summed E-state index contributed by atoms with van der Waals surface area (Å²) in [4.78, 5) is 2.22. The summed E-state index contributed by atoms with van der Waals surface area (Å²) in [5.74, 6) is 1.60. The molecule has 0 bridgehead atoms. The number of aryl methyl sites for hydroxylation is 1. The number of ether oxygens (including phenoxy) is 1. The van der Waals surface area contributed by atoms with Crippen LogP contribution in [0.2, 0.25) is 0 Å². The molecule has 0 saturated carbocycles. The van der Waals surface area contributed by atoms with Crippen molar-refractivity contribution < 1.29 is 4.74 Å². The highest BCUT2D eigenvalue weighted by Crippen LogP contribution is 2.25. The van der Waals surface area contributed by atoms with E-state index in [9.17, 15) is 0 Å². The van der Waals surface area contributed by atoms with Crippen molar-refractivity contribution >= 4 is 0 Å². The van der Waals surface area contributed by atoms with E-state index in [1.54, 1.807) is 7.11 Å².